The molecule has 6 heteroatoms. The van der Waals surface area contributed by atoms with Crippen LogP contribution in [0.2, 0.25) is 0 Å². The Balaban J connectivity index is 2.24. The highest BCUT2D eigenvalue weighted by Gasteiger charge is 2.13. The van der Waals surface area contributed by atoms with E-state index in [0.717, 1.165) is 16.1 Å². The maximum absolute atomic E-state index is 11.0. The van der Waals surface area contributed by atoms with E-state index in [-0.39, 0.29) is 5.69 Å². The van der Waals surface area contributed by atoms with Crippen molar-refractivity contribution >= 4 is 23.0 Å². The van der Waals surface area contributed by atoms with Gasteiger partial charge < -0.3 is 5.11 Å². The molecule has 0 saturated heterocycles. The third-order valence-corrected chi connectivity index (χ3v) is 3.72. The van der Waals surface area contributed by atoms with Gasteiger partial charge in [0.2, 0.25) is 0 Å². The molecule has 1 N–H and O–H groups in total. The Bertz CT molecular complexity index is 745. The van der Waals surface area contributed by atoms with Crippen LogP contribution in [-0.2, 0) is 0 Å². The fourth-order valence-corrected chi connectivity index (χ4v) is 2.67. The molecule has 0 aliphatic carbocycles. The van der Waals surface area contributed by atoms with Gasteiger partial charge in [0, 0.05) is 0 Å². The molecular weight excluding hydrogens is 250 g/mol. The van der Waals surface area contributed by atoms with Crippen LogP contribution in [0.25, 0.3) is 16.2 Å². The third kappa shape index (κ3) is 1.58. The van der Waals surface area contributed by atoms with Gasteiger partial charge >= 0.3 is 5.97 Å². The number of carbonyl (C=O) groups is 1. The van der Waals surface area contributed by atoms with Crippen molar-refractivity contribution in [3.63, 3.8) is 0 Å². The molecule has 0 aliphatic heterocycles. The van der Waals surface area contributed by atoms with E-state index in [2.05, 4.69) is 10.1 Å². The Morgan fingerprint density at radius 1 is 1.39 bits per heavy atom. The number of hydrogen-bond acceptors (Lipinski definition) is 4. The molecule has 0 bridgehead atoms. The molecule has 0 unspecified atom stereocenters. The van der Waals surface area contributed by atoms with Crippen LogP contribution in [0.4, 0.5) is 0 Å². The first-order valence-electron chi connectivity index (χ1n) is 5.29. The molecular formula is C12H9N3O2S. The number of carboxylic acid groups (broad SMARTS) is 1. The summed E-state index contributed by atoms with van der Waals surface area (Å²) in [5.74, 6) is -1.03. The molecule has 0 aromatic carbocycles. The Hall–Kier alpha value is -2.21. The summed E-state index contributed by atoms with van der Waals surface area (Å²) in [4.78, 5) is 16.1. The predicted molar refractivity (Wildman–Crippen MR) is 68.0 cm³/mol. The number of rotatable bonds is 2. The van der Waals surface area contributed by atoms with Gasteiger partial charge in [0.1, 0.15) is 5.69 Å². The summed E-state index contributed by atoms with van der Waals surface area (Å²) < 4.78 is 1.36. The number of hydrogen-bond donors (Lipinski definition) is 1. The number of aromatic carboxylic acids is 1. The highest BCUT2D eigenvalue weighted by molar-refractivity contribution is 7.13. The van der Waals surface area contributed by atoms with E-state index in [4.69, 9.17) is 5.11 Å². The second kappa shape index (κ2) is 3.92. The average Bonchev–Trinajstić information content (AvgIpc) is 2.93. The molecule has 3 heterocycles. The van der Waals surface area contributed by atoms with Crippen molar-refractivity contribution in [2.45, 2.75) is 6.92 Å². The quantitative estimate of drug-likeness (QED) is 0.767. The Morgan fingerprint density at radius 2 is 2.22 bits per heavy atom. The number of carboxylic acids is 1. The minimum atomic E-state index is -1.03. The average molecular weight is 259 g/mol. The van der Waals surface area contributed by atoms with E-state index in [0.29, 0.717) is 5.65 Å². The van der Waals surface area contributed by atoms with E-state index in [1.165, 1.54) is 10.7 Å². The van der Waals surface area contributed by atoms with Gasteiger partial charge in [0.15, 0.2) is 11.3 Å². The number of fused-ring (bicyclic) bond motifs is 1. The summed E-state index contributed by atoms with van der Waals surface area (Å²) >= 11 is 1.58. The van der Waals surface area contributed by atoms with Crippen LogP contribution in [-0.4, -0.2) is 25.7 Å². The molecule has 0 fully saturated rings. The summed E-state index contributed by atoms with van der Waals surface area (Å²) in [7, 11) is 0. The van der Waals surface area contributed by atoms with Crippen molar-refractivity contribution in [2.24, 2.45) is 0 Å². The van der Waals surface area contributed by atoms with Crippen molar-refractivity contribution in [3.8, 4) is 10.6 Å². The van der Waals surface area contributed by atoms with Gasteiger partial charge in [0.25, 0.3) is 0 Å². The van der Waals surface area contributed by atoms with Crippen molar-refractivity contribution in [1.82, 2.24) is 14.6 Å². The lowest BCUT2D eigenvalue weighted by Crippen LogP contribution is -2.04. The molecule has 0 radical (unpaired) electrons. The first kappa shape index (κ1) is 10.9. The lowest BCUT2D eigenvalue weighted by molar-refractivity contribution is 0.0688. The van der Waals surface area contributed by atoms with Crippen LogP contribution in [0.5, 0.6) is 0 Å². The van der Waals surface area contributed by atoms with Crippen molar-refractivity contribution in [1.29, 1.82) is 0 Å². The molecule has 0 amide bonds. The number of aryl methyl sites for hydroxylation is 1. The van der Waals surface area contributed by atoms with E-state index in [1.54, 1.807) is 17.4 Å². The molecule has 3 aromatic heterocycles. The topological polar surface area (TPSA) is 67.5 Å². The molecule has 0 atom stereocenters. The lowest BCUT2D eigenvalue weighted by atomic mass is 10.2. The molecule has 90 valence electrons. The fourth-order valence-electron chi connectivity index (χ4n) is 1.78. The normalized spacial score (nSPS) is 10.9. The van der Waals surface area contributed by atoms with Gasteiger partial charge in [-0.3, -0.25) is 0 Å². The highest BCUT2D eigenvalue weighted by Crippen LogP contribution is 2.27. The fraction of sp³-hybridized carbons (Fsp3) is 0.0833. The summed E-state index contributed by atoms with van der Waals surface area (Å²) in [5, 5.41) is 15.4. The van der Waals surface area contributed by atoms with E-state index in [9.17, 15) is 4.79 Å². The zero-order valence-corrected chi connectivity index (χ0v) is 10.3. The number of aromatic nitrogens is 3. The lowest BCUT2D eigenvalue weighted by Gasteiger charge is -2.01. The first-order chi connectivity index (χ1) is 8.66. The zero-order valence-electron chi connectivity index (χ0n) is 9.49. The largest absolute Gasteiger partial charge is 0.476 e. The molecule has 3 rings (SSSR count). The summed E-state index contributed by atoms with van der Waals surface area (Å²) in [6.07, 6.45) is 1.32. The third-order valence-electron chi connectivity index (χ3n) is 2.68. The van der Waals surface area contributed by atoms with Gasteiger partial charge in [-0.05, 0) is 36.1 Å². The van der Waals surface area contributed by atoms with E-state index in [1.807, 2.05) is 24.4 Å². The van der Waals surface area contributed by atoms with Gasteiger partial charge in [-0.2, -0.15) is 5.10 Å². The maximum Gasteiger partial charge on any atom is 0.356 e. The second-order valence-corrected chi connectivity index (χ2v) is 4.79. The number of nitrogens with zero attached hydrogens (tertiary/aromatic N) is 3. The van der Waals surface area contributed by atoms with Gasteiger partial charge in [-0.15, -0.1) is 11.3 Å². The SMILES string of the molecule is Cc1ccsc1-c1ccc2ncc(C(=O)O)n2n1. The number of thiophene rings is 1. The van der Waals surface area contributed by atoms with Crippen LogP contribution in [0.1, 0.15) is 16.1 Å². The summed E-state index contributed by atoms with van der Waals surface area (Å²) in [6.45, 7) is 2.00. The van der Waals surface area contributed by atoms with Crippen LogP contribution >= 0.6 is 11.3 Å². The zero-order chi connectivity index (χ0) is 12.7. The van der Waals surface area contributed by atoms with Crippen LogP contribution in [0, 0.1) is 6.92 Å². The molecule has 0 aliphatic rings. The highest BCUT2D eigenvalue weighted by atomic mass is 32.1. The standard InChI is InChI=1S/C12H9N3O2S/c1-7-4-5-18-11(7)8-2-3-10-13-6-9(12(16)17)15(10)14-8/h2-6H,1H3,(H,16,17). The number of imidazole rings is 1. The van der Waals surface area contributed by atoms with Gasteiger partial charge in [-0.25, -0.2) is 14.3 Å². The maximum atomic E-state index is 11.0. The minimum absolute atomic E-state index is 0.0704. The predicted octanol–water partition coefficient (Wildman–Crippen LogP) is 2.46. The first-order valence-corrected chi connectivity index (χ1v) is 6.17. The summed E-state index contributed by atoms with van der Waals surface area (Å²) in [5.41, 5.74) is 2.49. The van der Waals surface area contributed by atoms with Crippen LogP contribution in [0.3, 0.4) is 0 Å². The Kier molecular flexibility index (Phi) is 2.38. The minimum Gasteiger partial charge on any atom is -0.476 e. The van der Waals surface area contributed by atoms with Crippen molar-refractivity contribution in [2.75, 3.05) is 0 Å². The van der Waals surface area contributed by atoms with Crippen molar-refractivity contribution in [3.05, 3.63) is 41.0 Å². The van der Waals surface area contributed by atoms with E-state index < -0.39 is 5.97 Å². The van der Waals surface area contributed by atoms with Gasteiger partial charge in [-0.1, -0.05) is 0 Å². The Morgan fingerprint density at radius 3 is 2.89 bits per heavy atom. The van der Waals surface area contributed by atoms with E-state index >= 15 is 0 Å². The molecule has 0 saturated carbocycles. The smallest absolute Gasteiger partial charge is 0.356 e. The van der Waals surface area contributed by atoms with Crippen LogP contribution in [0.15, 0.2) is 29.8 Å². The molecule has 3 aromatic rings. The van der Waals surface area contributed by atoms with Crippen molar-refractivity contribution < 1.29 is 9.90 Å². The van der Waals surface area contributed by atoms with Gasteiger partial charge in [0.05, 0.1) is 11.1 Å². The van der Waals surface area contributed by atoms with Crippen LogP contribution < -0.4 is 0 Å². The monoisotopic (exact) mass is 259 g/mol. The Labute approximate surface area is 106 Å². The second-order valence-electron chi connectivity index (χ2n) is 3.87. The summed E-state index contributed by atoms with van der Waals surface area (Å²) in [6, 6.07) is 5.64. The molecule has 0 spiro atoms. The molecule has 18 heavy (non-hydrogen) atoms. The molecule has 5 nitrogen and oxygen atoms in total.